The molecule has 1 amide bonds. The highest BCUT2D eigenvalue weighted by Gasteiger charge is 2.21. The Morgan fingerprint density at radius 3 is 2.75 bits per heavy atom. The highest BCUT2D eigenvalue weighted by molar-refractivity contribution is 6.34. The van der Waals surface area contributed by atoms with E-state index in [9.17, 15) is 14.9 Å². The number of nitrogen functional groups attached to an aromatic ring is 1. The van der Waals surface area contributed by atoms with Crippen LogP contribution in [0.3, 0.4) is 0 Å². The van der Waals surface area contributed by atoms with Gasteiger partial charge in [-0.1, -0.05) is 11.6 Å². The maximum atomic E-state index is 12.1. The average Bonchev–Trinajstić information content (AvgIpc) is 2.40. The summed E-state index contributed by atoms with van der Waals surface area (Å²) in [5.74, 6) is -0.380. The van der Waals surface area contributed by atoms with Crippen LogP contribution >= 0.6 is 11.6 Å². The van der Waals surface area contributed by atoms with Crippen LogP contribution in [0.2, 0.25) is 5.02 Å². The number of amides is 1. The summed E-state index contributed by atoms with van der Waals surface area (Å²) in [5, 5.41) is 10.8. The molecular formula is C12H16ClN3O4. The maximum Gasteiger partial charge on any atom is 0.294 e. The van der Waals surface area contributed by atoms with Crippen molar-refractivity contribution in [3.63, 3.8) is 0 Å². The molecule has 0 aliphatic heterocycles. The Morgan fingerprint density at radius 2 is 2.20 bits per heavy atom. The molecule has 7 nitrogen and oxygen atoms in total. The molecular weight excluding hydrogens is 286 g/mol. The maximum absolute atomic E-state index is 12.1. The van der Waals surface area contributed by atoms with E-state index in [-0.39, 0.29) is 27.9 Å². The Kier molecular flexibility index (Phi) is 5.72. The van der Waals surface area contributed by atoms with Gasteiger partial charge in [-0.3, -0.25) is 14.9 Å². The number of carbonyl (C=O) groups excluding carboxylic acids is 1. The van der Waals surface area contributed by atoms with Gasteiger partial charge in [-0.15, -0.1) is 0 Å². The van der Waals surface area contributed by atoms with E-state index < -0.39 is 4.92 Å². The lowest BCUT2D eigenvalue weighted by molar-refractivity contribution is -0.383. The van der Waals surface area contributed by atoms with Crippen LogP contribution in [0.4, 0.5) is 11.4 Å². The standard InChI is InChI=1S/C12H16ClN3O4/c1-3-20-5-4-15(2)12(17)8-6-9(13)11(14)10(7-8)16(18)19/h6-7H,3-5,14H2,1-2H3. The number of nitro benzene ring substituents is 1. The highest BCUT2D eigenvalue weighted by Crippen LogP contribution is 2.31. The average molecular weight is 302 g/mol. The molecule has 0 bridgehead atoms. The fourth-order valence-electron chi connectivity index (χ4n) is 1.55. The first-order chi connectivity index (χ1) is 9.38. The summed E-state index contributed by atoms with van der Waals surface area (Å²) < 4.78 is 5.15. The van der Waals surface area contributed by atoms with Gasteiger partial charge in [0.05, 0.1) is 16.6 Å². The van der Waals surface area contributed by atoms with Crippen LogP contribution in [0.5, 0.6) is 0 Å². The van der Waals surface area contributed by atoms with E-state index >= 15 is 0 Å². The lowest BCUT2D eigenvalue weighted by atomic mass is 10.1. The van der Waals surface area contributed by atoms with Crippen LogP contribution in [0.25, 0.3) is 0 Å². The number of nitrogens with zero attached hydrogens (tertiary/aromatic N) is 2. The monoisotopic (exact) mass is 301 g/mol. The second-order valence-corrected chi connectivity index (χ2v) is 4.48. The minimum atomic E-state index is -0.668. The molecule has 0 heterocycles. The van der Waals surface area contributed by atoms with Gasteiger partial charge in [-0.2, -0.15) is 0 Å². The Morgan fingerprint density at radius 1 is 1.55 bits per heavy atom. The minimum Gasteiger partial charge on any atom is -0.392 e. The molecule has 0 aliphatic rings. The number of nitrogens with two attached hydrogens (primary N) is 1. The van der Waals surface area contributed by atoms with Gasteiger partial charge in [0, 0.05) is 31.8 Å². The van der Waals surface area contributed by atoms with Crippen LogP contribution in [0, 0.1) is 10.1 Å². The number of likely N-dealkylation sites (N-methyl/N-ethyl adjacent to an activating group) is 1. The topological polar surface area (TPSA) is 98.7 Å². The van der Waals surface area contributed by atoms with Crippen molar-refractivity contribution in [1.82, 2.24) is 4.90 Å². The SMILES string of the molecule is CCOCCN(C)C(=O)c1cc(Cl)c(N)c([N+](=O)[O-])c1. The summed E-state index contributed by atoms with van der Waals surface area (Å²) in [6.07, 6.45) is 0. The zero-order valence-electron chi connectivity index (χ0n) is 11.3. The molecule has 1 aromatic carbocycles. The van der Waals surface area contributed by atoms with E-state index in [1.54, 1.807) is 7.05 Å². The molecule has 0 spiro atoms. The molecule has 1 aromatic rings. The molecule has 0 saturated carbocycles. The van der Waals surface area contributed by atoms with Crippen molar-refractivity contribution in [1.29, 1.82) is 0 Å². The number of carbonyl (C=O) groups is 1. The van der Waals surface area contributed by atoms with Gasteiger partial charge in [0.2, 0.25) is 0 Å². The molecule has 0 fully saturated rings. The van der Waals surface area contributed by atoms with Crippen molar-refractivity contribution in [2.45, 2.75) is 6.92 Å². The predicted octanol–water partition coefficient (Wildman–Crippen LogP) is 1.94. The normalized spacial score (nSPS) is 10.3. The van der Waals surface area contributed by atoms with E-state index in [4.69, 9.17) is 22.1 Å². The fraction of sp³-hybridized carbons (Fsp3) is 0.417. The van der Waals surface area contributed by atoms with Crippen LogP contribution in [-0.4, -0.2) is 42.5 Å². The number of hydrogen-bond donors (Lipinski definition) is 1. The number of anilines is 1. The molecule has 0 unspecified atom stereocenters. The third kappa shape index (κ3) is 3.82. The van der Waals surface area contributed by atoms with E-state index in [0.717, 1.165) is 6.07 Å². The minimum absolute atomic E-state index is 0.0132. The molecule has 0 radical (unpaired) electrons. The zero-order chi connectivity index (χ0) is 15.3. The van der Waals surface area contributed by atoms with E-state index in [1.807, 2.05) is 6.92 Å². The molecule has 110 valence electrons. The third-order valence-corrected chi connectivity index (χ3v) is 2.99. The van der Waals surface area contributed by atoms with Crippen molar-refractivity contribution >= 4 is 28.9 Å². The molecule has 0 aliphatic carbocycles. The highest BCUT2D eigenvalue weighted by atomic mass is 35.5. The second-order valence-electron chi connectivity index (χ2n) is 4.07. The van der Waals surface area contributed by atoms with Gasteiger partial charge in [0.25, 0.3) is 11.6 Å². The fourth-order valence-corrected chi connectivity index (χ4v) is 1.76. The molecule has 0 aromatic heterocycles. The number of nitro groups is 1. The number of hydrogen-bond acceptors (Lipinski definition) is 5. The third-order valence-electron chi connectivity index (χ3n) is 2.67. The number of benzene rings is 1. The van der Waals surface area contributed by atoms with Gasteiger partial charge in [0.1, 0.15) is 5.69 Å². The van der Waals surface area contributed by atoms with Gasteiger partial charge in [0.15, 0.2) is 0 Å². The van der Waals surface area contributed by atoms with Gasteiger partial charge in [-0.25, -0.2) is 0 Å². The summed E-state index contributed by atoms with van der Waals surface area (Å²) in [5.41, 5.74) is 5.10. The van der Waals surface area contributed by atoms with Gasteiger partial charge >= 0.3 is 0 Å². The summed E-state index contributed by atoms with van der Waals surface area (Å²) >= 11 is 5.81. The molecule has 2 N–H and O–H groups in total. The van der Waals surface area contributed by atoms with Crippen LogP contribution < -0.4 is 5.73 Å². The largest absolute Gasteiger partial charge is 0.392 e. The summed E-state index contributed by atoms with van der Waals surface area (Å²) in [6, 6.07) is 2.45. The summed E-state index contributed by atoms with van der Waals surface area (Å²) in [4.78, 5) is 23.7. The first kappa shape index (κ1) is 16.2. The molecule has 0 saturated heterocycles. The van der Waals surface area contributed by atoms with Crippen LogP contribution in [-0.2, 0) is 4.74 Å². The Hall–Kier alpha value is -1.86. The summed E-state index contributed by atoms with van der Waals surface area (Å²) in [6.45, 7) is 3.18. The first-order valence-electron chi connectivity index (χ1n) is 5.95. The predicted molar refractivity (Wildman–Crippen MR) is 76.0 cm³/mol. The van der Waals surface area contributed by atoms with E-state index in [2.05, 4.69) is 0 Å². The molecule has 0 atom stereocenters. The van der Waals surface area contributed by atoms with Gasteiger partial charge < -0.3 is 15.4 Å². The first-order valence-corrected chi connectivity index (χ1v) is 6.32. The smallest absolute Gasteiger partial charge is 0.294 e. The van der Waals surface area contributed by atoms with Crippen molar-refractivity contribution in [2.24, 2.45) is 0 Å². The van der Waals surface area contributed by atoms with E-state index in [1.165, 1.54) is 11.0 Å². The quantitative estimate of drug-likeness (QED) is 0.375. The van der Waals surface area contributed by atoms with E-state index in [0.29, 0.717) is 19.8 Å². The number of halogens is 1. The van der Waals surface area contributed by atoms with Crippen molar-refractivity contribution in [3.05, 3.63) is 32.8 Å². The molecule has 8 heteroatoms. The van der Waals surface area contributed by atoms with Gasteiger partial charge in [-0.05, 0) is 13.0 Å². The van der Waals surface area contributed by atoms with Crippen LogP contribution in [0.1, 0.15) is 17.3 Å². The lowest BCUT2D eigenvalue weighted by Crippen LogP contribution is -2.30. The molecule has 20 heavy (non-hydrogen) atoms. The Bertz CT molecular complexity index is 522. The zero-order valence-corrected chi connectivity index (χ0v) is 12.0. The lowest BCUT2D eigenvalue weighted by Gasteiger charge is -2.17. The number of rotatable bonds is 6. The van der Waals surface area contributed by atoms with Crippen molar-refractivity contribution < 1.29 is 14.5 Å². The second kappa shape index (κ2) is 7.06. The Labute approximate surface area is 121 Å². The molecule has 1 rings (SSSR count). The Balaban J connectivity index is 2.96. The van der Waals surface area contributed by atoms with Crippen LogP contribution in [0.15, 0.2) is 12.1 Å². The van der Waals surface area contributed by atoms with Crippen molar-refractivity contribution in [3.8, 4) is 0 Å². The number of ether oxygens (including phenoxy) is 1. The summed E-state index contributed by atoms with van der Waals surface area (Å²) in [7, 11) is 1.58. The van der Waals surface area contributed by atoms with Crippen molar-refractivity contribution in [2.75, 3.05) is 32.5 Å².